The van der Waals surface area contributed by atoms with Gasteiger partial charge in [-0.3, -0.25) is 4.79 Å². The van der Waals surface area contributed by atoms with E-state index in [1.165, 1.54) is 0 Å². The molecule has 1 amide bonds. The summed E-state index contributed by atoms with van der Waals surface area (Å²) < 4.78 is 5.85. The molecule has 106 valence electrons. The van der Waals surface area contributed by atoms with E-state index in [1.54, 1.807) is 0 Å². The fourth-order valence-electron chi connectivity index (χ4n) is 4.25. The van der Waals surface area contributed by atoms with E-state index < -0.39 is 0 Å². The van der Waals surface area contributed by atoms with E-state index in [9.17, 15) is 9.90 Å². The molecule has 4 heteroatoms. The minimum Gasteiger partial charge on any atom is -0.393 e. The predicted octanol–water partition coefficient (Wildman–Crippen LogP) is 1.56. The zero-order valence-corrected chi connectivity index (χ0v) is 11.5. The topological polar surface area (TPSA) is 49.8 Å². The highest BCUT2D eigenvalue weighted by atomic mass is 16.5. The second-order valence-corrected chi connectivity index (χ2v) is 6.21. The fourth-order valence-corrected chi connectivity index (χ4v) is 4.25. The molecule has 1 saturated carbocycles. The first-order chi connectivity index (χ1) is 9.68. The molecule has 0 bridgehead atoms. The van der Waals surface area contributed by atoms with Crippen LogP contribution in [0, 0.1) is 17.8 Å². The maximum atomic E-state index is 12.7. The molecular formula is C16H19NO3. The number of carbonyl (C=O) groups is 1. The van der Waals surface area contributed by atoms with E-state index in [-0.39, 0.29) is 42.0 Å². The Labute approximate surface area is 118 Å². The van der Waals surface area contributed by atoms with Gasteiger partial charge in [0, 0.05) is 17.8 Å². The Kier molecular flexibility index (Phi) is 2.66. The zero-order valence-electron chi connectivity index (χ0n) is 11.5. The van der Waals surface area contributed by atoms with Gasteiger partial charge in [-0.15, -0.1) is 0 Å². The van der Waals surface area contributed by atoms with E-state index in [4.69, 9.17) is 4.74 Å². The van der Waals surface area contributed by atoms with Crippen LogP contribution in [0.4, 0.5) is 0 Å². The number of carbonyl (C=O) groups excluding carboxylic acids is 1. The van der Waals surface area contributed by atoms with Gasteiger partial charge in [0.25, 0.3) is 0 Å². The van der Waals surface area contributed by atoms with Crippen molar-refractivity contribution in [1.82, 2.24) is 4.90 Å². The van der Waals surface area contributed by atoms with E-state index in [0.717, 1.165) is 5.56 Å². The third-order valence-electron chi connectivity index (χ3n) is 5.28. The summed E-state index contributed by atoms with van der Waals surface area (Å²) in [4.78, 5) is 14.6. The van der Waals surface area contributed by atoms with Crippen molar-refractivity contribution < 1.29 is 14.6 Å². The summed E-state index contributed by atoms with van der Waals surface area (Å²) in [5.74, 6) is 0.428. The second-order valence-electron chi connectivity index (χ2n) is 6.21. The average molecular weight is 273 g/mol. The number of hydrogen-bond donors (Lipinski definition) is 1. The average Bonchev–Trinajstić information content (AvgIpc) is 3.09. The molecule has 1 aromatic rings. The lowest BCUT2D eigenvalue weighted by atomic mass is 9.93. The molecule has 6 atom stereocenters. The first-order valence-electron chi connectivity index (χ1n) is 7.35. The molecule has 0 radical (unpaired) electrons. The first-order valence-corrected chi connectivity index (χ1v) is 7.35. The summed E-state index contributed by atoms with van der Waals surface area (Å²) in [5.41, 5.74) is 1.13. The Morgan fingerprint density at radius 2 is 2.10 bits per heavy atom. The number of benzene rings is 1. The van der Waals surface area contributed by atoms with E-state index in [1.807, 2.05) is 35.2 Å². The van der Waals surface area contributed by atoms with Crippen LogP contribution in [-0.4, -0.2) is 34.9 Å². The normalized spacial score (nSPS) is 40.2. The second kappa shape index (κ2) is 4.30. The number of hydrogen-bond acceptors (Lipinski definition) is 3. The zero-order chi connectivity index (χ0) is 13.9. The summed E-state index contributed by atoms with van der Waals surface area (Å²) >= 11 is 0. The molecule has 3 fully saturated rings. The van der Waals surface area contributed by atoms with Crippen molar-refractivity contribution in [2.45, 2.75) is 31.7 Å². The lowest BCUT2D eigenvalue weighted by molar-refractivity contribution is -0.140. The molecule has 0 aromatic heterocycles. The van der Waals surface area contributed by atoms with Gasteiger partial charge in [0.15, 0.2) is 0 Å². The summed E-state index contributed by atoms with van der Waals surface area (Å²) in [6, 6.07) is 10.1. The summed E-state index contributed by atoms with van der Waals surface area (Å²) in [6.07, 6.45) is 0.0875. The summed E-state index contributed by atoms with van der Waals surface area (Å²) in [7, 11) is 0. The molecule has 2 aliphatic heterocycles. The predicted molar refractivity (Wildman–Crippen MR) is 72.5 cm³/mol. The van der Waals surface area contributed by atoms with Gasteiger partial charge in [0.05, 0.1) is 18.8 Å². The van der Waals surface area contributed by atoms with E-state index >= 15 is 0 Å². The minimum absolute atomic E-state index is 0.0233. The van der Waals surface area contributed by atoms with Gasteiger partial charge in [-0.1, -0.05) is 30.3 Å². The van der Waals surface area contributed by atoms with Gasteiger partial charge < -0.3 is 14.7 Å². The van der Waals surface area contributed by atoms with Crippen LogP contribution in [0.1, 0.15) is 24.9 Å². The number of amides is 1. The third-order valence-corrected chi connectivity index (χ3v) is 5.28. The van der Waals surface area contributed by atoms with Gasteiger partial charge in [-0.05, 0) is 18.9 Å². The fraction of sp³-hybridized carbons (Fsp3) is 0.562. The highest BCUT2D eigenvalue weighted by Gasteiger charge is 2.62. The molecule has 4 nitrogen and oxygen atoms in total. The van der Waals surface area contributed by atoms with Crippen molar-refractivity contribution in [2.75, 3.05) is 6.61 Å². The summed E-state index contributed by atoms with van der Waals surface area (Å²) in [6.45, 7) is 2.64. The number of aliphatic hydroxyl groups is 1. The Morgan fingerprint density at radius 1 is 1.35 bits per heavy atom. The number of rotatable bonds is 2. The molecule has 1 aromatic carbocycles. The standard InChI is InChI=1S/C16H19NO3/c1-9(10-5-3-2-4-6-10)17-15(19)11-7-13(18)12-8-20-16(17)14(11)12/h2-6,9,11-14,16,18H,7-8H2,1H3/t9-,11-,12+,13-,14-,16+/m0/s1. The Morgan fingerprint density at radius 3 is 2.85 bits per heavy atom. The molecule has 2 saturated heterocycles. The largest absolute Gasteiger partial charge is 0.393 e. The van der Waals surface area contributed by atoms with Gasteiger partial charge in [0.2, 0.25) is 5.91 Å². The van der Waals surface area contributed by atoms with Crippen LogP contribution in [0.15, 0.2) is 30.3 Å². The summed E-state index contributed by atoms with van der Waals surface area (Å²) in [5, 5.41) is 10.0. The van der Waals surface area contributed by atoms with Gasteiger partial charge in [-0.2, -0.15) is 0 Å². The lowest BCUT2D eigenvalue weighted by Crippen LogP contribution is -2.38. The smallest absolute Gasteiger partial charge is 0.228 e. The van der Waals surface area contributed by atoms with Crippen LogP contribution < -0.4 is 0 Å². The molecular weight excluding hydrogens is 254 g/mol. The minimum atomic E-state index is -0.367. The highest BCUT2D eigenvalue weighted by Crippen LogP contribution is 2.53. The third kappa shape index (κ3) is 1.52. The van der Waals surface area contributed by atoms with E-state index in [0.29, 0.717) is 13.0 Å². The van der Waals surface area contributed by atoms with Crippen molar-refractivity contribution >= 4 is 5.91 Å². The monoisotopic (exact) mass is 273 g/mol. The number of aliphatic hydroxyl groups excluding tert-OH is 1. The van der Waals surface area contributed by atoms with Crippen LogP contribution >= 0.6 is 0 Å². The molecule has 1 N–H and O–H groups in total. The maximum Gasteiger partial charge on any atom is 0.228 e. The van der Waals surface area contributed by atoms with Crippen LogP contribution in [0.3, 0.4) is 0 Å². The molecule has 1 aliphatic carbocycles. The van der Waals surface area contributed by atoms with Crippen molar-refractivity contribution in [1.29, 1.82) is 0 Å². The van der Waals surface area contributed by atoms with Crippen LogP contribution in [0.2, 0.25) is 0 Å². The van der Waals surface area contributed by atoms with Gasteiger partial charge in [0.1, 0.15) is 6.23 Å². The van der Waals surface area contributed by atoms with Gasteiger partial charge in [-0.25, -0.2) is 0 Å². The molecule has 3 aliphatic rings. The Balaban J connectivity index is 1.66. The van der Waals surface area contributed by atoms with Crippen molar-refractivity contribution in [2.24, 2.45) is 17.8 Å². The number of ether oxygens (including phenoxy) is 1. The molecule has 2 heterocycles. The Bertz CT molecular complexity index is 532. The highest BCUT2D eigenvalue weighted by molar-refractivity contribution is 5.83. The van der Waals surface area contributed by atoms with Crippen LogP contribution in [-0.2, 0) is 9.53 Å². The molecule has 0 unspecified atom stereocenters. The lowest BCUT2D eigenvalue weighted by Gasteiger charge is -2.30. The number of likely N-dealkylation sites (tertiary alicyclic amines) is 1. The van der Waals surface area contributed by atoms with Crippen molar-refractivity contribution in [3.8, 4) is 0 Å². The molecule has 0 spiro atoms. The molecule has 20 heavy (non-hydrogen) atoms. The van der Waals surface area contributed by atoms with Crippen LogP contribution in [0.5, 0.6) is 0 Å². The van der Waals surface area contributed by atoms with Gasteiger partial charge >= 0.3 is 0 Å². The maximum absolute atomic E-state index is 12.7. The number of nitrogens with zero attached hydrogens (tertiary/aromatic N) is 1. The van der Waals surface area contributed by atoms with E-state index in [2.05, 4.69) is 6.92 Å². The Hall–Kier alpha value is -1.39. The SMILES string of the molecule is C[C@@H](c1ccccc1)N1C(=O)[C@H]2C[C@H](O)[C@H]3CO[C@@H]1[C@H]32. The molecule has 4 rings (SSSR count). The van der Waals surface area contributed by atoms with Crippen molar-refractivity contribution in [3.05, 3.63) is 35.9 Å². The van der Waals surface area contributed by atoms with Crippen LogP contribution in [0.25, 0.3) is 0 Å². The van der Waals surface area contributed by atoms with Crippen molar-refractivity contribution in [3.63, 3.8) is 0 Å². The quantitative estimate of drug-likeness (QED) is 0.889. The first kappa shape index (κ1) is 12.4.